The molecular formula is C13H18N2O2. The zero-order chi connectivity index (χ0) is 12.4. The maximum atomic E-state index is 12.3. The molecule has 2 rings (SSSR count). The highest BCUT2D eigenvalue weighted by atomic mass is 16.2. The van der Waals surface area contributed by atoms with E-state index in [1.807, 2.05) is 18.7 Å². The van der Waals surface area contributed by atoms with Crippen LogP contribution in [0.2, 0.25) is 0 Å². The van der Waals surface area contributed by atoms with E-state index in [-0.39, 0.29) is 29.1 Å². The molecule has 2 atom stereocenters. The van der Waals surface area contributed by atoms with Gasteiger partial charge in [-0.3, -0.25) is 9.59 Å². The molecule has 1 N–H and O–H groups in total. The molecule has 0 aliphatic carbocycles. The summed E-state index contributed by atoms with van der Waals surface area (Å²) < 4.78 is 0. The summed E-state index contributed by atoms with van der Waals surface area (Å²) in [5.74, 6) is -0.147. The molecule has 2 heterocycles. The highest BCUT2D eigenvalue weighted by Crippen LogP contribution is 2.23. The van der Waals surface area contributed by atoms with E-state index in [0.29, 0.717) is 0 Å². The van der Waals surface area contributed by atoms with Crippen molar-refractivity contribution >= 4 is 5.91 Å². The molecule has 4 heteroatoms. The average Bonchev–Trinajstić information content (AvgIpc) is 2.29. The zero-order valence-corrected chi connectivity index (χ0v) is 10.3. The zero-order valence-electron chi connectivity index (χ0n) is 10.3. The van der Waals surface area contributed by atoms with Gasteiger partial charge in [-0.05, 0) is 45.2 Å². The molecule has 17 heavy (non-hydrogen) atoms. The summed E-state index contributed by atoms with van der Waals surface area (Å²) in [6.07, 6.45) is 4.72. The largest absolute Gasteiger partial charge is 0.333 e. The summed E-state index contributed by atoms with van der Waals surface area (Å²) in [5, 5.41) is 0. The number of piperidine rings is 1. The summed E-state index contributed by atoms with van der Waals surface area (Å²) >= 11 is 0. The van der Waals surface area contributed by atoms with Crippen LogP contribution < -0.4 is 5.56 Å². The van der Waals surface area contributed by atoms with Crippen molar-refractivity contribution in [2.45, 2.75) is 45.2 Å². The van der Waals surface area contributed by atoms with Gasteiger partial charge in [0.15, 0.2) is 0 Å². The van der Waals surface area contributed by atoms with Crippen LogP contribution in [0, 0.1) is 0 Å². The molecule has 0 spiro atoms. The Hall–Kier alpha value is -1.58. The molecule has 4 nitrogen and oxygen atoms in total. The van der Waals surface area contributed by atoms with Gasteiger partial charge in [-0.2, -0.15) is 0 Å². The molecule has 1 aromatic rings. The predicted octanol–water partition coefficient (Wildman–Crippen LogP) is 1.78. The second-order valence-corrected chi connectivity index (χ2v) is 4.75. The molecule has 1 aromatic heterocycles. The number of nitrogens with zero attached hydrogens (tertiary/aromatic N) is 1. The number of likely N-dealkylation sites (tertiary alicyclic amines) is 1. The minimum absolute atomic E-state index is 0.147. The summed E-state index contributed by atoms with van der Waals surface area (Å²) in [5.41, 5.74) is -0.0597. The third kappa shape index (κ3) is 2.25. The number of hydrogen-bond acceptors (Lipinski definition) is 2. The number of rotatable bonds is 1. The lowest BCUT2D eigenvalue weighted by atomic mass is 9.96. The second kappa shape index (κ2) is 4.73. The van der Waals surface area contributed by atoms with Crippen LogP contribution in [-0.4, -0.2) is 27.9 Å². The Bertz CT molecular complexity index is 456. The Morgan fingerprint density at radius 3 is 2.59 bits per heavy atom. The first-order valence-corrected chi connectivity index (χ1v) is 6.11. The minimum Gasteiger partial charge on any atom is -0.333 e. The average molecular weight is 234 g/mol. The van der Waals surface area contributed by atoms with Crippen molar-refractivity contribution in [3.8, 4) is 0 Å². The van der Waals surface area contributed by atoms with Gasteiger partial charge in [-0.1, -0.05) is 0 Å². The van der Waals surface area contributed by atoms with Crippen LogP contribution in [0.25, 0.3) is 0 Å². The number of carbonyl (C=O) groups is 1. The highest BCUT2D eigenvalue weighted by Gasteiger charge is 2.30. The Labute approximate surface area is 101 Å². The monoisotopic (exact) mass is 234 g/mol. The van der Waals surface area contributed by atoms with Gasteiger partial charge in [0.25, 0.3) is 11.5 Å². The third-order valence-corrected chi connectivity index (χ3v) is 3.48. The van der Waals surface area contributed by atoms with Crippen LogP contribution >= 0.6 is 0 Å². The van der Waals surface area contributed by atoms with Crippen LogP contribution in [0.4, 0.5) is 0 Å². The second-order valence-electron chi connectivity index (χ2n) is 4.75. The van der Waals surface area contributed by atoms with Gasteiger partial charge in [-0.15, -0.1) is 0 Å². The molecule has 0 aromatic carbocycles. The van der Waals surface area contributed by atoms with Gasteiger partial charge in [0.1, 0.15) is 5.56 Å². The number of aromatic amines is 1. The predicted molar refractivity (Wildman–Crippen MR) is 66.0 cm³/mol. The number of pyridine rings is 1. The van der Waals surface area contributed by atoms with Gasteiger partial charge in [0.2, 0.25) is 0 Å². The SMILES string of the molecule is CC1CCCC(C)N1C(=O)c1ccc[nH]c1=O. The van der Waals surface area contributed by atoms with Crippen molar-refractivity contribution < 1.29 is 4.79 Å². The fourth-order valence-corrected chi connectivity index (χ4v) is 2.55. The normalized spacial score (nSPS) is 24.7. The van der Waals surface area contributed by atoms with E-state index in [1.165, 1.54) is 0 Å². The molecule has 2 unspecified atom stereocenters. The molecule has 0 saturated carbocycles. The van der Waals surface area contributed by atoms with Crippen LogP contribution in [0.3, 0.4) is 0 Å². The first-order valence-electron chi connectivity index (χ1n) is 6.11. The fraction of sp³-hybridized carbons (Fsp3) is 0.538. The molecule has 1 fully saturated rings. The smallest absolute Gasteiger partial charge is 0.260 e. The molecule has 1 aliphatic heterocycles. The number of amides is 1. The molecule has 0 radical (unpaired) electrons. The van der Waals surface area contributed by atoms with E-state index in [0.717, 1.165) is 19.3 Å². The van der Waals surface area contributed by atoms with Crippen molar-refractivity contribution in [2.24, 2.45) is 0 Å². The molecule has 92 valence electrons. The van der Waals surface area contributed by atoms with E-state index in [9.17, 15) is 9.59 Å². The van der Waals surface area contributed by atoms with Crippen LogP contribution in [0.1, 0.15) is 43.5 Å². The maximum absolute atomic E-state index is 12.3. The highest BCUT2D eigenvalue weighted by molar-refractivity contribution is 5.94. The Balaban J connectivity index is 2.31. The number of H-pyrrole nitrogens is 1. The van der Waals surface area contributed by atoms with Gasteiger partial charge in [0.05, 0.1) is 0 Å². The summed E-state index contributed by atoms with van der Waals surface area (Å²) in [7, 11) is 0. The van der Waals surface area contributed by atoms with E-state index in [4.69, 9.17) is 0 Å². The Morgan fingerprint density at radius 2 is 2.00 bits per heavy atom. The lowest BCUT2D eigenvalue weighted by Gasteiger charge is -2.38. The number of nitrogens with one attached hydrogen (secondary N) is 1. The standard InChI is InChI=1S/C13H18N2O2/c1-9-5-3-6-10(2)15(9)13(17)11-7-4-8-14-12(11)16/h4,7-10H,3,5-6H2,1-2H3,(H,14,16). The molecule has 1 amide bonds. The molecule has 1 aliphatic rings. The van der Waals surface area contributed by atoms with Crippen molar-refractivity contribution in [2.75, 3.05) is 0 Å². The third-order valence-electron chi connectivity index (χ3n) is 3.48. The molecular weight excluding hydrogens is 216 g/mol. The molecule has 1 saturated heterocycles. The van der Waals surface area contributed by atoms with E-state index >= 15 is 0 Å². The summed E-state index contributed by atoms with van der Waals surface area (Å²) in [4.78, 5) is 28.3. The van der Waals surface area contributed by atoms with Gasteiger partial charge in [-0.25, -0.2) is 0 Å². The lowest BCUT2D eigenvalue weighted by Crippen LogP contribution is -2.48. The van der Waals surface area contributed by atoms with Gasteiger partial charge < -0.3 is 9.88 Å². The van der Waals surface area contributed by atoms with Crippen LogP contribution in [0.15, 0.2) is 23.1 Å². The Kier molecular flexibility index (Phi) is 3.31. The van der Waals surface area contributed by atoms with E-state index < -0.39 is 0 Å². The summed E-state index contributed by atoms with van der Waals surface area (Å²) in [6.45, 7) is 4.09. The number of aromatic nitrogens is 1. The fourth-order valence-electron chi connectivity index (χ4n) is 2.55. The number of hydrogen-bond donors (Lipinski definition) is 1. The maximum Gasteiger partial charge on any atom is 0.260 e. The van der Waals surface area contributed by atoms with Crippen molar-refractivity contribution in [3.05, 3.63) is 34.2 Å². The first-order chi connectivity index (χ1) is 8.11. The van der Waals surface area contributed by atoms with E-state index in [1.54, 1.807) is 18.3 Å². The van der Waals surface area contributed by atoms with E-state index in [2.05, 4.69) is 4.98 Å². The van der Waals surface area contributed by atoms with Gasteiger partial charge >= 0.3 is 0 Å². The quantitative estimate of drug-likeness (QED) is 0.805. The minimum atomic E-state index is -0.303. The summed E-state index contributed by atoms with van der Waals surface area (Å²) in [6, 6.07) is 3.71. The molecule has 0 bridgehead atoms. The van der Waals surface area contributed by atoms with Crippen LogP contribution in [-0.2, 0) is 0 Å². The topological polar surface area (TPSA) is 53.2 Å². The first kappa shape index (κ1) is 11.9. The van der Waals surface area contributed by atoms with Crippen molar-refractivity contribution in [3.63, 3.8) is 0 Å². The van der Waals surface area contributed by atoms with Crippen LogP contribution in [0.5, 0.6) is 0 Å². The van der Waals surface area contributed by atoms with Crippen molar-refractivity contribution in [1.82, 2.24) is 9.88 Å². The van der Waals surface area contributed by atoms with Crippen molar-refractivity contribution in [1.29, 1.82) is 0 Å². The Morgan fingerprint density at radius 1 is 1.35 bits per heavy atom. The van der Waals surface area contributed by atoms with Gasteiger partial charge in [0, 0.05) is 18.3 Å². The lowest BCUT2D eigenvalue weighted by molar-refractivity contribution is 0.0509. The number of carbonyl (C=O) groups excluding carboxylic acids is 1.